The lowest BCUT2D eigenvalue weighted by molar-refractivity contribution is 0.549. The van der Waals surface area contributed by atoms with E-state index in [1.54, 1.807) is 17.6 Å². The molecular formula is C13H19N3O2S3. The van der Waals surface area contributed by atoms with Crippen molar-refractivity contribution in [3.63, 3.8) is 0 Å². The highest BCUT2D eigenvalue weighted by Gasteiger charge is 2.22. The Hall–Kier alpha value is -0.800. The summed E-state index contributed by atoms with van der Waals surface area (Å²) in [6.45, 7) is 5.52. The molecule has 0 aromatic carbocycles. The van der Waals surface area contributed by atoms with Crippen LogP contribution in [-0.4, -0.2) is 19.9 Å². The van der Waals surface area contributed by atoms with Crippen LogP contribution < -0.4 is 10.0 Å². The Morgan fingerprint density at radius 3 is 2.76 bits per heavy atom. The van der Waals surface area contributed by atoms with Gasteiger partial charge in [-0.2, -0.15) is 0 Å². The molecule has 0 fully saturated rings. The van der Waals surface area contributed by atoms with E-state index in [9.17, 15) is 8.42 Å². The smallest absolute Gasteiger partial charge is 0.242 e. The third kappa shape index (κ3) is 4.33. The van der Waals surface area contributed by atoms with E-state index in [-0.39, 0.29) is 6.04 Å². The number of hydrogen-bond donors (Lipinski definition) is 2. The first-order valence-electron chi connectivity index (χ1n) is 6.76. The number of aromatic nitrogens is 1. The van der Waals surface area contributed by atoms with Crippen LogP contribution >= 0.6 is 22.7 Å². The molecule has 1 atom stereocenters. The molecule has 0 amide bonds. The number of hydrogen-bond acceptors (Lipinski definition) is 6. The van der Waals surface area contributed by atoms with E-state index < -0.39 is 10.0 Å². The summed E-state index contributed by atoms with van der Waals surface area (Å²) in [5, 5.41) is 7.52. The van der Waals surface area contributed by atoms with Gasteiger partial charge in [-0.15, -0.1) is 22.7 Å². The number of thiophene rings is 1. The molecule has 0 bridgehead atoms. The SMILES string of the molecule is CCNCc1cc(S(=O)(=O)NC(CC)c2nccs2)cs1. The van der Waals surface area contributed by atoms with Gasteiger partial charge in [0.25, 0.3) is 0 Å². The number of sulfonamides is 1. The van der Waals surface area contributed by atoms with Crippen LogP contribution in [0, 0.1) is 0 Å². The molecule has 0 spiro atoms. The molecule has 0 aliphatic rings. The van der Waals surface area contributed by atoms with Gasteiger partial charge in [0, 0.05) is 28.4 Å². The van der Waals surface area contributed by atoms with Crippen LogP contribution in [0.25, 0.3) is 0 Å². The molecule has 8 heteroatoms. The lowest BCUT2D eigenvalue weighted by atomic mass is 10.3. The van der Waals surface area contributed by atoms with Crippen LogP contribution in [-0.2, 0) is 16.6 Å². The first kappa shape index (κ1) is 16.6. The van der Waals surface area contributed by atoms with Gasteiger partial charge in [0.2, 0.25) is 10.0 Å². The molecule has 116 valence electrons. The Morgan fingerprint density at radius 2 is 2.14 bits per heavy atom. The van der Waals surface area contributed by atoms with Crippen molar-refractivity contribution < 1.29 is 8.42 Å². The summed E-state index contributed by atoms with van der Waals surface area (Å²) in [6, 6.07) is 1.46. The summed E-state index contributed by atoms with van der Waals surface area (Å²) < 4.78 is 27.6. The second-order valence-corrected chi connectivity index (χ2v) is 8.12. The van der Waals surface area contributed by atoms with Crippen molar-refractivity contribution >= 4 is 32.7 Å². The third-order valence-electron chi connectivity index (χ3n) is 2.94. The highest BCUT2D eigenvalue weighted by atomic mass is 32.2. The number of rotatable bonds is 8. The summed E-state index contributed by atoms with van der Waals surface area (Å²) >= 11 is 2.92. The second-order valence-electron chi connectivity index (χ2n) is 4.48. The van der Waals surface area contributed by atoms with Crippen LogP contribution in [0.15, 0.2) is 27.9 Å². The molecule has 0 aliphatic heterocycles. The van der Waals surface area contributed by atoms with E-state index >= 15 is 0 Å². The van der Waals surface area contributed by atoms with Crippen LogP contribution in [0.1, 0.15) is 36.2 Å². The largest absolute Gasteiger partial charge is 0.312 e. The Kier molecular flexibility index (Phi) is 5.88. The van der Waals surface area contributed by atoms with Gasteiger partial charge in [-0.25, -0.2) is 18.1 Å². The van der Waals surface area contributed by atoms with E-state index in [4.69, 9.17) is 0 Å². The molecule has 2 aromatic rings. The van der Waals surface area contributed by atoms with Gasteiger partial charge in [-0.05, 0) is 19.0 Å². The average Bonchev–Trinajstić information content (AvgIpc) is 3.13. The lowest BCUT2D eigenvalue weighted by Crippen LogP contribution is -2.28. The predicted octanol–water partition coefficient (Wildman–Crippen LogP) is 2.74. The van der Waals surface area contributed by atoms with Gasteiger partial charge in [-0.1, -0.05) is 13.8 Å². The van der Waals surface area contributed by atoms with Crippen molar-refractivity contribution in [2.45, 2.75) is 37.8 Å². The fraction of sp³-hybridized carbons (Fsp3) is 0.462. The van der Waals surface area contributed by atoms with Gasteiger partial charge in [-0.3, -0.25) is 0 Å². The Labute approximate surface area is 133 Å². The summed E-state index contributed by atoms with van der Waals surface area (Å²) in [4.78, 5) is 5.54. The molecular weight excluding hydrogens is 326 g/mol. The van der Waals surface area contributed by atoms with Crippen LogP contribution in [0.4, 0.5) is 0 Å². The van der Waals surface area contributed by atoms with Crippen molar-refractivity contribution in [3.05, 3.63) is 32.9 Å². The summed E-state index contributed by atoms with van der Waals surface area (Å²) in [5.74, 6) is 0. The molecule has 1 unspecified atom stereocenters. The normalized spacial score (nSPS) is 13.4. The second kappa shape index (κ2) is 7.46. The topological polar surface area (TPSA) is 71.1 Å². The molecule has 21 heavy (non-hydrogen) atoms. The number of thiazole rings is 1. The molecule has 0 radical (unpaired) electrons. The zero-order valence-electron chi connectivity index (χ0n) is 12.0. The fourth-order valence-electron chi connectivity index (χ4n) is 1.81. The van der Waals surface area contributed by atoms with Gasteiger partial charge < -0.3 is 5.32 Å². The minimum Gasteiger partial charge on any atom is -0.312 e. The standard InChI is InChI=1S/C13H19N3O2S3/c1-3-12(13-15-5-6-19-13)16-21(17,18)11-7-10(20-9-11)8-14-4-2/h5-7,9,12,14,16H,3-4,8H2,1-2H3. The monoisotopic (exact) mass is 345 g/mol. The third-order valence-corrected chi connectivity index (χ3v) is 6.37. The summed E-state index contributed by atoms with van der Waals surface area (Å²) in [7, 11) is -3.50. The quantitative estimate of drug-likeness (QED) is 0.772. The Bertz CT molecular complexity index is 650. The molecule has 5 nitrogen and oxygen atoms in total. The van der Waals surface area contributed by atoms with Crippen molar-refractivity contribution in [1.82, 2.24) is 15.0 Å². The molecule has 2 rings (SSSR count). The maximum Gasteiger partial charge on any atom is 0.242 e. The number of nitrogens with one attached hydrogen (secondary N) is 2. The van der Waals surface area contributed by atoms with Gasteiger partial charge in [0.1, 0.15) is 5.01 Å². The van der Waals surface area contributed by atoms with Crippen LogP contribution in [0.5, 0.6) is 0 Å². The van der Waals surface area contributed by atoms with Crippen LogP contribution in [0.3, 0.4) is 0 Å². The zero-order valence-corrected chi connectivity index (χ0v) is 14.4. The average molecular weight is 346 g/mol. The maximum absolute atomic E-state index is 12.4. The molecule has 2 heterocycles. The zero-order chi connectivity index (χ0) is 15.3. The Balaban J connectivity index is 2.12. The van der Waals surface area contributed by atoms with Crippen molar-refractivity contribution in [1.29, 1.82) is 0 Å². The number of nitrogens with zero attached hydrogens (tertiary/aromatic N) is 1. The molecule has 0 saturated heterocycles. The Morgan fingerprint density at radius 1 is 1.33 bits per heavy atom. The molecule has 2 aromatic heterocycles. The fourth-order valence-corrected chi connectivity index (χ4v) is 5.19. The van der Waals surface area contributed by atoms with E-state index in [1.807, 2.05) is 19.2 Å². The predicted molar refractivity (Wildman–Crippen MR) is 87.2 cm³/mol. The maximum atomic E-state index is 12.4. The minimum absolute atomic E-state index is 0.271. The first-order valence-corrected chi connectivity index (χ1v) is 10.0. The summed E-state index contributed by atoms with van der Waals surface area (Å²) in [6.07, 6.45) is 2.36. The van der Waals surface area contributed by atoms with E-state index in [0.29, 0.717) is 17.9 Å². The first-order chi connectivity index (χ1) is 10.1. The van der Waals surface area contributed by atoms with Gasteiger partial charge in [0.05, 0.1) is 10.9 Å². The lowest BCUT2D eigenvalue weighted by Gasteiger charge is -2.13. The van der Waals surface area contributed by atoms with Crippen molar-refractivity contribution in [3.8, 4) is 0 Å². The van der Waals surface area contributed by atoms with Crippen molar-refractivity contribution in [2.75, 3.05) is 6.54 Å². The summed E-state index contributed by atoms with van der Waals surface area (Å²) in [5.41, 5.74) is 0. The van der Waals surface area contributed by atoms with Crippen molar-refractivity contribution in [2.24, 2.45) is 0 Å². The molecule has 2 N–H and O–H groups in total. The van der Waals surface area contributed by atoms with E-state index in [1.165, 1.54) is 22.7 Å². The van der Waals surface area contributed by atoms with E-state index in [2.05, 4.69) is 15.0 Å². The minimum atomic E-state index is -3.50. The van der Waals surface area contributed by atoms with E-state index in [0.717, 1.165) is 16.4 Å². The highest BCUT2D eigenvalue weighted by Crippen LogP contribution is 2.24. The molecule has 0 saturated carbocycles. The van der Waals surface area contributed by atoms with Gasteiger partial charge in [0.15, 0.2) is 0 Å². The molecule has 0 aliphatic carbocycles. The highest BCUT2D eigenvalue weighted by molar-refractivity contribution is 7.89. The van der Waals surface area contributed by atoms with Gasteiger partial charge >= 0.3 is 0 Å². The van der Waals surface area contributed by atoms with Crippen LogP contribution in [0.2, 0.25) is 0 Å².